The number of ether oxygens (including phenoxy) is 1. The summed E-state index contributed by atoms with van der Waals surface area (Å²) in [5.74, 6) is -0.314. The molecule has 0 heterocycles. The van der Waals surface area contributed by atoms with E-state index in [1.807, 2.05) is 34.6 Å². The third kappa shape index (κ3) is 4.21. The number of amides is 1. The minimum absolute atomic E-state index is 0.0239. The lowest BCUT2D eigenvalue weighted by Gasteiger charge is -2.23. The Hall–Kier alpha value is -1.06. The number of carbonyl (C=O) groups excluding carboxylic acids is 2. The Morgan fingerprint density at radius 1 is 1.00 bits per heavy atom. The number of hydrogen-bond acceptors (Lipinski definition) is 3. The summed E-state index contributed by atoms with van der Waals surface area (Å²) in [4.78, 5) is 23.2. The summed E-state index contributed by atoms with van der Waals surface area (Å²) in [5.41, 5.74) is 0. The van der Waals surface area contributed by atoms with Gasteiger partial charge in [-0.15, -0.1) is 0 Å². The van der Waals surface area contributed by atoms with Gasteiger partial charge in [0.15, 0.2) is 0 Å². The van der Waals surface area contributed by atoms with Crippen LogP contribution in [0.15, 0.2) is 0 Å². The van der Waals surface area contributed by atoms with Gasteiger partial charge in [-0.1, -0.05) is 34.6 Å². The monoisotopic (exact) mass is 229 g/mol. The molecule has 0 aromatic heterocycles. The van der Waals surface area contributed by atoms with Crippen LogP contribution in [0.3, 0.4) is 0 Å². The van der Waals surface area contributed by atoms with Gasteiger partial charge >= 0.3 is 5.97 Å². The quantitative estimate of drug-likeness (QED) is 0.728. The third-order valence-corrected chi connectivity index (χ3v) is 2.83. The Labute approximate surface area is 97.7 Å². The second-order valence-electron chi connectivity index (χ2n) is 4.79. The number of carbonyl (C=O) groups is 2. The fourth-order valence-electron chi connectivity index (χ4n) is 1.21. The van der Waals surface area contributed by atoms with Crippen molar-refractivity contribution in [1.29, 1.82) is 0 Å². The normalized spacial score (nSPS) is 14.8. The predicted octanol–water partition coefficient (Wildman–Crippen LogP) is 1.59. The number of rotatable bonds is 5. The van der Waals surface area contributed by atoms with Gasteiger partial charge in [0.05, 0.1) is 7.11 Å². The van der Waals surface area contributed by atoms with Gasteiger partial charge in [0.25, 0.3) is 0 Å². The zero-order valence-electron chi connectivity index (χ0n) is 11.0. The second kappa shape index (κ2) is 6.51. The molecule has 4 nitrogen and oxygen atoms in total. The first kappa shape index (κ1) is 14.9. The number of esters is 1. The van der Waals surface area contributed by atoms with Crippen molar-refractivity contribution in [3.63, 3.8) is 0 Å². The fraction of sp³-hybridized carbons (Fsp3) is 0.833. The molecular weight excluding hydrogens is 206 g/mol. The molecule has 0 aliphatic heterocycles. The molecule has 2 unspecified atom stereocenters. The van der Waals surface area contributed by atoms with E-state index in [0.717, 1.165) is 0 Å². The van der Waals surface area contributed by atoms with Gasteiger partial charge in [0.2, 0.25) is 5.91 Å². The molecule has 1 amide bonds. The Balaban J connectivity index is 4.53. The van der Waals surface area contributed by atoms with E-state index in [-0.39, 0.29) is 29.6 Å². The Kier molecular flexibility index (Phi) is 6.08. The van der Waals surface area contributed by atoms with Crippen molar-refractivity contribution in [2.75, 3.05) is 7.11 Å². The van der Waals surface area contributed by atoms with Crippen LogP contribution >= 0.6 is 0 Å². The first-order chi connectivity index (χ1) is 7.31. The second-order valence-corrected chi connectivity index (χ2v) is 4.79. The molecule has 0 rings (SSSR count). The van der Waals surface area contributed by atoms with E-state index in [1.165, 1.54) is 7.11 Å². The molecule has 0 aromatic rings. The van der Waals surface area contributed by atoms with Gasteiger partial charge in [-0.2, -0.15) is 0 Å². The van der Waals surface area contributed by atoms with E-state index in [1.54, 1.807) is 0 Å². The zero-order chi connectivity index (χ0) is 12.9. The minimum atomic E-state index is -0.557. The number of hydrogen-bond donors (Lipinski definition) is 1. The standard InChI is InChI=1S/C12H23NO3/c1-7(2)9(5)11(14)13-10(8(3)4)12(15)16-6/h7-10H,1-6H3,(H,13,14). The summed E-state index contributed by atoms with van der Waals surface area (Å²) >= 11 is 0. The summed E-state index contributed by atoms with van der Waals surface area (Å²) in [5, 5.41) is 2.73. The highest BCUT2D eigenvalue weighted by Crippen LogP contribution is 2.11. The molecule has 0 radical (unpaired) electrons. The van der Waals surface area contributed by atoms with Crippen molar-refractivity contribution >= 4 is 11.9 Å². The lowest BCUT2D eigenvalue weighted by molar-refractivity contribution is -0.147. The van der Waals surface area contributed by atoms with E-state index in [2.05, 4.69) is 10.1 Å². The van der Waals surface area contributed by atoms with Crippen molar-refractivity contribution in [3.8, 4) is 0 Å². The Morgan fingerprint density at radius 2 is 1.50 bits per heavy atom. The van der Waals surface area contributed by atoms with Crippen molar-refractivity contribution in [1.82, 2.24) is 5.32 Å². The number of nitrogens with one attached hydrogen (secondary N) is 1. The number of methoxy groups -OCH3 is 1. The molecule has 94 valence electrons. The third-order valence-electron chi connectivity index (χ3n) is 2.83. The van der Waals surface area contributed by atoms with Crippen LogP contribution in [0.25, 0.3) is 0 Å². The smallest absolute Gasteiger partial charge is 0.328 e. The van der Waals surface area contributed by atoms with Gasteiger partial charge in [-0.25, -0.2) is 4.79 Å². The summed E-state index contributed by atoms with van der Waals surface area (Å²) < 4.78 is 4.66. The van der Waals surface area contributed by atoms with E-state index in [0.29, 0.717) is 0 Å². The average molecular weight is 229 g/mol. The highest BCUT2D eigenvalue weighted by molar-refractivity contribution is 5.85. The van der Waals surface area contributed by atoms with Crippen LogP contribution in [0, 0.1) is 17.8 Å². The van der Waals surface area contributed by atoms with Crippen LogP contribution < -0.4 is 5.32 Å². The molecule has 0 saturated carbocycles. The SMILES string of the molecule is COC(=O)C(NC(=O)C(C)C(C)C)C(C)C. The maximum Gasteiger partial charge on any atom is 0.328 e. The predicted molar refractivity (Wildman–Crippen MR) is 62.8 cm³/mol. The van der Waals surface area contributed by atoms with Crippen molar-refractivity contribution in [3.05, 3.63) is 0 Å². The molecule has 0 spiro atoms. The molecule has 0 aromatic carbocycles. The van der Waals surface area contributed by atoms with E-state index < -0.39 is 6.04 Å². The zero-order valence-corrected chi connectivity index (χ0v) is 11.0. The van der Waals surface area contributed by atoms with Crippen LogP contribution in [-0.2, 0) is 14.3 Å². The van der Waals surface area contributed by atoms with Crippen molar-refractivity contribution in [2.24, 2.45) is 17.8 Å². The molecule has 0 bridgehead atoms. The van der Waals surface area contributed by atoms with Gasteiger partial charge < -0.3 is 10.1 Å². The molecule has 16 heavy (non-hydrogen) atoms. The van der Waals surface area contributed by atoms with Gasteiger partial charge in [0.1, 0.15) is 6.04 Å². The summed E-state index contributed by atoms with van der Waals surface area (Å²) in [7, 11) is 1.33. The van der Waals surface area contributed by atoms with Gasteiger partial charge in [-0.05, 0) is 11.8 Å². The maximum atomic E-state index is 11.8. The van der Waals surface area contributed by atoms with Crippen molar-refractivity contribution < 1.29 is 14.3 Å². The molecule has 4 heteroatoms. The van der Waals surface area contributed by atoms with Crippen LogP contribution in [-0.4, -0.2) is 25.0 Å². The maximum absolute atomic E-state index is 11.8. The largest absolute Gasteiger partial charge is 0.467 e. The Bertz CT molecular complexity index is 249. The van der Waals surface area contributed by atoms with E-state index in [4.69, 9.17) is 0 Å². The van der Waals surface area contributed by atoms with Gasteiger partial charge in [-0.3, -0.25) is 4.79 Å². The summed E-state index contributed by atoms with van der Waals surface area (Å²) in [6, 6.07) is -0.557. The first-order valence-corrected chi connectivity index (χ1v) is 5.69. The molecule has 0 saturated heterocycles. The molecule has 0 aliphatic rings. The topological polar surface area (TPSA) is 55.4 Å². The van der Waals surface area contributed by atoms with E-state index >= 15 is 0 Å². The highest BCUT2D eigenvalue weighted by Gasteiger charge is 2.27. The lowest BCUT2D eigenvalue weighted by Crippen LogP contribution is -2.47. The Morgan fingerprint density at radius 3 is 1.81 bits per heavy atom. The van der Waals surface area contributed by atoms with Crippen LogP contribution in [0.4, 0.5) is 0 Å². The summed E-state index contributed by atoms with van der Waals surface area (Å²) in [6.45, 7) is 9.57. The molecule has 0 aliphatic carbocycles. The average Bonchev–Trinajstić information content (AvgIpc) is 2.22. The van der Waals surface area contributed by atoms with Crippen LogP contribution in [0.2, 0.25) is 0 Å². The molecule has 0 fully saturated rings. The summed E-state index contributed by atoms with van der Waals surface area (Å²) in [6.07, 6.45) is 0. The molecule has 1 N–H and O–H groups in total. The highest BCUT2D eigenvalue weighted by atomic mass is 16.5. The van der Waals surface area contributed by atoms with Crippen molar-refractivity contribution in [2.45, 2.75) is 40.7 Å². The van der Waals surface area contributed by atoms with Gasteiger partial charge in [0, 0.05) is 5.92 Å². The van der Waals surface area contributed by atoms with E-state index in [9.17, 15) is 9.59 Å². The minimum Gasteiger partial charge on any atom is -0.467 e. The fourth-order valence-corrected chi connectivity index (χ4v) is 1.21. The van der Waals surface area contributed by atoms with Crippen LogP contribution in [0.5, 0.6) is 0 Å². The molecular formula is C12H23NO3. The lowest BCUT2D eigenvalue weighted by atomic mass is 9.96. The van der Waals surface area contributed by atoms with Crippen LogP contribution in [0.1, 0.15) is 34.6 Å². The molecule has 2 atom stereocenters. The first-order valence-electron chi connectivity index (χ1n) is 5.69.